The molecule has 0 heterocycles. The first kappa shape index (κ1) is 23.2. The highest BCUT2D eigenvalue weighted by Gasteiger charge is 2.45. The number of carbonyl (C=O) groups excluding carboxylic acids is 1. The van der Waals surface area contributed by atoms with Crippen LogP contribution in [0, 0.1) is 5.92 Å². The van der Waals surface area contributed by atoms with Crippen LogP contribution in [0.5, 0.6) is 0 Å². The van der Waals surface area contributed by atoms with Crippen LogP contribution in [-0.2, 0) is 19.9 Å². The quantitative estimate of drug-likeness (QED) is 0.602. The van der Waals surface area contributed by atoms with Crippen molar-refractivity contribution in [3.05, 3.63) is 71.8 Å². The molecule has 0 aromatic heterocycles. The Morgan fingerprint density at radius 3 is 1.85 bits per heavy atom. The number of ether oxygens (including phenoxy) is 2. The van der Waals surface area contributed by atoms with Crippen LogP contribution in [0.1, 0.15) is 25.0 Å². The Morgan fingerprint density at radius 2 is 1.44 bits per heavy atom. The van der Waals surface area contributed by atoms with E-state index >= 15 is 0 Å². The number of rotatable bonds is 9. The molecule has 4 nitrogen and oxygen atoms in total. The molecule has 0 radical (unpaired) electrons. The van der Waals surface area contributed by atoms with Gasteiger partial charge in [-0.25, -0.2) is 4.79 Å². The second-order valence-electron chi connectivity index (χ2n) is 7.06. The summed E-state index contributed by atoms with van der Waals surface area (Å²) in [6.45, 7) is 5.57. The molecule has 2 aromatic rings. The average Bonchev–Trinajstić information content (AvgIpc) is 2.63. The van der Waals surface area contributed by atoms with Crippen LogP contribution in [0.2, 0.25) is 0 Å². The van der Waals surface area contributed by atoms with E-state index in [4.69, 9.17) is 9.47 Å². The third-order valence-electron chi connectivity index (χ3n) is 4.05. The van der Waals surface area contributed by atoms with Crippen LogP contribution in [-0.4, -0.2) is 44.7 Å². The van der Waals surface area contributed by atoms with Crippen LogP contribution in [0.3, 0.4) is 0 Å². The maximum atomic E-state index is 13.3. The lowest BCUT2D eigenvalue weighted by Crippen LogP contribution is -2.43. The molecule has 0 aliphatic carbocycles. The third-order valence-corrected chi connectivity index (χ3v) is 4.05. The fourth-order valence-electron chi connectivity index (χ4n) is 2.69. The largest absolute Gasteiger partial charge is 0.462 e. The summed E-state index contributed by atoms with van der Waals surface area (Å²) in [7, 11) is 3.90. The second-order valence-corrected chi connectivity index (χ2v) is 7.06. The van der Waals surface area contributed by atoms with Gasteiger partial charge in [0.2, 0.25) is 5.60 Å². The van der Waals surface area contributed by atoms with Gasteiger partial charge in [0.05, 0.1) is 6.61 Å². The van der Waals surface area contributed by atoms with Gasteiger partial charge in [0, 0.05) is 6.54 Å². The number of carbonyl (C=O) groups is 1. The predicted molar refractivity (Wildman–Crippen MR) is 111 cm³/mol. The molecule has 148 valence electrons. The minimum Gasteiger partial charge on any atom is -0.462 e. The van der Waals surface area contributed by atoms with Gasteiger partial charge in [0.25, 0.3) is 0 Å². The van der Waals surface area contributed by atoms with Gasteiger partial charge in [-0.1, -0.05) is 74.5 Å². The first-order valence-corrected chi connectivity index (χ1v) is 9.03. The lowest BCUT2D eigenvalue weighted by atomic mass is 9.85. The molecule has 0 saturated carbocycles. The Kier molecular flexibility index (Phi) is 9.50. The van der Waals surface area contributed by atoms with Crippen molar-refractivity contribution in [2.24, 2.45) is 5.92 Å². The van der Waals surface area contributed by atoms with Crippen molar-refractivity contribution in [3.8, 4) is 0 Å². The first-order valence-electron chi connectivity index (χ1n) is 9.03. The van der Waals surface area contributed by atoms with Gasteiger partial charge in [-0.2, -0.15) is 0 Å². The van der Waals surface area contributed by atoms with Crippen molar-refractivity contribution in [1.82, 2.24) is 4.90 Å². The monoisotopic (exact) mass is 391 g/mol. The molecule has 0 aliphatic heterocycles. The Balaban J connectivity index is 0.00000364. The highest BCUT2D eigenvalue weighted by atomic mass is 35.5. The van der Waals surface area contributed by atoms with E-state index in [9.17, 15) is 4.79 Å². The highest BCUT2D eigenvalue weighted by molar-refractivity contribution is 5.86. The molecule has 2 rings (SSSR count). The number of benzene rings is 2. The molecule has 0 N–H and O–H groups in total. The van der Waals surface area contributed by atoms with E-state index in [0.717, 1.165) is 11.1 Å². The zero-order chi connectivity index (χ0) is 19.0. The summed E-state index contributed by atoms with van der Waals surface area (Å²) in [5.74, 6) is -0.0891. The minimum absolute atomic E-state index is 0. The Morgan fingerprint density at radius 1 is 0.963 bits per heavy atom. The molecular weight excluding hydrogens is 362 g/mol. The van der Waals surface area contributed by atoms with Gasteiger partial charge in [-0.3, -0.25) is 0 Å². The zero-order valence-electron chi connectivity index (χ0n) is 16.6. The van der Waals surface area contributed by atoms with Crippen molar-refractivity contribution >= 4 is 18.4 Å². The smallest absolute Gasteiger partial charge is 0.347 e. The predicted octanol–water partition coefficient (Wildman–Crippen LogP) is 4.13. The average molecular weight is 392 g/mol. The number of esters is 1. The van der Waals surface area contributed by atoms with Crippen molar-refractivity contribution in [2.75, 3.05) is 33.9 Å². The van der Waals surface area contributed by atoms with E-state index in [1.165, 1.54) is 0 Å². The van der Waals surface area contributed by atoms with Crippen LogP contribution in [0.15, 0.2) is 60.7 Å². The normalized spacial score (nSPS) is 11.3. The van der Waals surface area contributed by atoms with E-state index in [1.807, 2.05) is 79.7 Å². The van der Waals surface area contributed by atoms with Crippen LogP contribution in [0.25, 0.3) is 0 Å². The molecule has 0 saturated heterocycles. The molecule has 2 aromatic carbocycles. The maximum absolute atomic E-state index is 13.3. The topological polar surface area (TPSA) is 38.8 Å². The number of hydrogen-bond donors (Lipinski definition) is 0. The van der Waals surface area contributed by atoms with Gasteiger partial charge >= 0.3 is 5.97 Å². The maximum Gasteiger partial charge on any atom is 0.347 e. The lowest BCUT2D eigenvalue weighted by molar-refractivity contribution is -0.170. The summed E-state index contributed by atoms with van der Waals surface area (Å²) in [5.41, 5.74) is 0.294. The molecule has 0 aliphatic rings. The fourth-order valence-corrected chi connectivity index (χ4v) is 2.69. The summed E-state index contributed by atoms with van der Waals surface area (Å²) in [4.78, 5) is 15.3. The van der Waals surface area contributed by atoms with Gasteiger partial charge in [-0.05, 0) is 31.1 Å². The molecule has 0 fully saturated rings. The SMILES string of the molecule is CC(C)COC(C(=O)OCCN(C)C)(c1ccccc1)c1ccccc1.Cl. The fraction of sp³-hybridized carbons (Fsp3) is 0.409. The molecular formula is C22H30ClNO3. The van der Waals surface area contributed by atoms with Gasteiger partial charge in [0.1, 0.15) is 6.61 Å². The molecule has 0 bridgehead atoms. The van der Waals surface area contributed by atoms with Crippen molar-refractivity contribution < 1.29 is 14.3 Å². The van der Waals surface area contributed by atoms with Crippen molar-refractivity contribution in [1.29, 1.82) is 0 Å². The van der Waals surface area contributed by atoms with Crippen LogP contribution >= 0.6 is 12.4 Å². The van der Waals surface area contributed by atoms with Gasteiger partial charge in [0.15, 0.2) is 0 Å². The standard InChI is InChI=1S/C22H29NO3.ClH/c1-18(2)17-26-22(19-11-7-5-8-12-19,20-13-9-6-10-14-20)21(24)25-16-15-23(3)4;/h5-14,18H,15-17H2,1-4H3;1H. The summed E-state index contributed by atoms with van der Waals surface area (Å²) in [6, 6.07) is 19.2. The Bertz CT molecular complexity index is 635. The van der Waals surface area contributed by atoms with Crippen molar-refractivity contribution in [2.45, 2.75) is 19.4 Å². The van der Waals surface area contributed by atoms with Crippen LogP contribution < -0.4 is 0 Å². The Hall–Kier alpha value is -1.88. The molecule has 0 amide bonds. The highest BCUT2D eigenvalue weighted by Crippen LogP contribution is 2.35. The molecule has 0 unspecified atom stereocenters. The van der Waals surface area contributed by atoms with E-state index in [-0.39, 0.29) is 24.3 Å². The molecule has 0 spiro atoms. The summed E-state index contributed by atoms with van der Waals surface area (Å²) < 4.78 is 11.9. The number of halogens is 1. The van der Waals surface area contributed by atoms with E-state index in [0.29, 0.717) is 19.8 Å². The third kappa shape index (κ3) is 6.06. The summed E-state index contributed by atoms with van der Waals surface area (Å²) in [6.07, 6.45) is 0. The van der Waals surface area contributed by atoms with E-state index in [1.54, 1.807) is 0 Å². The van der Waals surface area contributed by atoms with E-state index in [2.05, 4.69) is 13.8 Å². The molecule has 0 atom stereocenters. The molecule has 27 heavy (non-hydrogen) atoms. The van der Waals surface area contributed by atoms with Gasteiger partial charge in [-0.15, -0.1) is 12.4 Å². The lowest BCUT2D eigenvalue weighted by Gasteiger charge is -2.33. The van der Waals surface area contributed by atoms with Crippen LogP contribution in [0.4, 0.5) is 0 Å². The Labute approximate surface area is 168 Å². The van der Waals surface area contributed by atoms with Gasteiger partial charge < -0.3 is 14.4 Å². The number of hydrogen-bond acceptors (Lipinski definition) is 4. The number of likely N-dealkylation sites (N-methyl/N-ethyl adjacent to an activating group) is 1. The second kappa shape index (κ2) is 11.1. The minimum atomic E-state index is -1.26. The van der Waals surface area contributed by atoms with E-state index < -0.39 is 5.60 Å². The van der Waals surface area contributed by atoms with Crippen molar-refractivity contribution in [3.63, 3.8) is 0 Å². The summed E-state index contributed by atoms with van der Waals surface area (Å²) in [5, 5.41) is 0. The first-order chi connectivity index (χ1) is 12.5. The number of nitrogens with zero attached hydrogens (tertiary/aromatic N) is 1. The summed E-state index contributed by atoms with van der Waals surface area (Å²) >= 11 is 0. The molecule has 5 heteroatoms. The zero-order valence-corrected chi connectivity index (χ0v) is 17.4.